The molecule has 0 amide bonds. The van der Waals surface area contributed by atoms with Crippen molar-refractivity contribution in [1.29, 1.82) is 0 Å². The van der Waals surface area contributed by atoms with E-state index in [0.29, 0.717) is 0 Å². The fourth-order valence-electron chi connectivity index (χ4n) is 5.56. The van der Waals surface area contributed by atoms with Crippen molar-refractivity contribution in [1.82, 2.24) is 0 Å². The van der Waals surface area contributed by atoms with Gasteiger partial charge < -0.3 is 86.1 Å². The molecular weight excluding hydrogens is 752 g/mol. The first-order chi connectivity index (χ1) is 22.7. The van der Waals surface area contributed by atoms with E-state index < -0.39 is 129 Å². The van der Waals surface area contributed by atoms with Gasteiger partial charge in [0.2, 0.25) is 28.2 Å². The summed E-state index contributed by atoms with van der Waals surface area (Å²) in [4.78, 5) is 100. The van der Waals surface area contributed by atoms with Gasteiger partial charge >= 0.3 is 63.9 Å². The summed E-state index contributed by atoms with van der Waals surface area (Å²) >= 11 is 0. The van der Waals surface area contributed by atoms with Crippen LogP contribution in [0.25, 0.3) is 0 Å². The third kappa shape index (κ3) is 4.49. The molecule has 9 atom stereocenters. The molecule has 288 valence electrons. The smallest absolute Gasteiger partial charge is 0.397 e. The second-order valence-electron chi connectivity index (χ2n) is 10.3. The largest absolute Gasteiger partial charge is 0.479 e. The summed E-state index contributed by atoms with van der Waals surface area (Å²) in [6, 6.07) is 0. The number of carbonyl (C=O) groups is 8. The monoisotopic (exact) mass is 774 g/mol. The molecule has 0 aromatic rings. The Morgan fingerprint density at radius 2 is 0.824 bits per heavy atom. The number of carboxylic acid groups (broad SMARTS) is 8. The molecule has 2 saturated heterocycles. The highest BCUT2D eigenvalue weighted by atomic mass is 32.3. The standard InChI is InChI=1S/C20H22O30S/c21-1-12(4(23)24)15(39,6(27)28)17(41,8(31)32)14(48-12,3-47-51(44,45)46)50-20(11(37)38)19(43,10(35)36)18(42,9(33)34)16(40,7(29)30)13(2-22,49-20)5(25)26/h21-22,39-43H,1-3H2,(H,23,24)(H,25,26)(H,27,28)(H,29,30)(H,31,32)(H,33,34)(H,35,36)(H,37,38)(H,44,45,46)/t12-,13-,14-,15+,16+,17+,18-,19+,20+/m0/s1. The number of hydrogen-bond donors (Lipinski definition) is 16. The third-order valence-corrected chi connectivity index (χ3v) is 8.51. The summed E-state index contributed by atoms with van der Waals surface area (Å²) in [6.07, 6.45) is 0. The van der Waals surface area contributed by atoms with Gasteiger partial charge in [-0.05, 0) is 0 Å². The van der Waals surface area contributed by atoms with Gasteiger partial charge in [0.15, 0.2) is 0 Å². The highest BCUT2D eigenvalue weighted by molar-refractivity contribution is 7.80. The van der Waals surface area contributed by atoms with Crippen LogP contribution in [-0.4, -0.2) is 208 Å². The Morgan fingerprint density at radius 3 is 1.10 bits per heavy atom. The van der Waals surface area contributed by atoms with E-state index in [9.17, 15) is 123 Å². The number of carboxylic acids is 8. The third-order valence-electron chi connectivity index (χ3n) is 8.10. The zero-order valence-electron chi connectivity index (χ0n) is 23.9. The second kappa shape index (κ2) is 11.9. The lowest BCUT2D eigenvalue weighted by Gasteiger charge is -2.61. The molecule has 16 N–H and O–H groups in total. The fraction of sp³-hybridized carbons (Fsp3) is 0.600. The van der Waals surface area contributed by atoms with Crippen molar-refractivity contribution in [3.05, 3.63) is 0 Å². The predicted molar refractivity (Wildman–Crippen MR) is 132 cm³/mol. The van der Waals surface area contributed by atoms with Crippen molar-refractivity contribution in [2.45, 2.75) is 50.8 Å². The van der Waals surface area contributed by atoms with Gasteiger partial charge in [0.05, 0.1) is 13.2 Å². The van der Waals surface area contributed by atoms with Crippen LogP contribution in [0.2, 0.25) is 0 Å². The summed E-state index contributed by atoms with van der Waals surface area (Å²) in [5.41, 5.74) is -39.0. The van der Waals surface area contributed by atoms with Crippen LogP contribution in [0.1, 0.15) is 0 Å². The molecule has 31 heteroatoms. The van der Waals surface area contributed by atoms with Crippen LogP contribution in [0, 0.1) is 0 Å². The first-order valence-electron chi connectivity index (χ1n) is 12.2. The van der Waals surface area contributed by atoms with Crippen molar-refractivity contribution in [3.8, 4) is 0 Å². The van der Waals surface area contributed by atoms with Gasteiger partial charge in [-0.25, -0.2) is 42.5 Å². The van der Waals surface area contributed by atoms with E-state index in [0.717, 1.165) is 0 Å². The van der Waals surface area contributed by atoms with Crippen LogP contribution in [0.5, 0.6) is 0 Å². The normalized spacial score (nSPS) is 40.9. The SMILES string of the molecule is O=C(O)[C@]1(O[C@]2(COS(=O)(=O)O)O[C@@](CO)(C(=O)O)[C@](O)(C(=O)O)[C@@]2(O)C(=O)O)O[C@@](CO)(C(=O)O)[C@](O)(C(=O)O)[C@@](O)(C(=O)O)[C@]1(O)C(=O)O. The van der Waals surface area contributed by atoms with Gasteiger partial charge in [0.1, 0.15) is 6.61 Å². The Kier molecular flexibility index (Phi) is 9.89. The number of aliphatic hydroxyl groups excluding tert-OH is 2. The quantitative estimate of drug-likeness (QED) is 0.0687. The molecule has 0 aliphatic carbocycles. The van der Waals surface area contributed by atoms with Gasteiger partial charge in [-0.2, -0.15) is 8.42 Å². The first kappa shape index (κ1) is 42.4. The maximum Gasteiger partial charge on any atom is 0.397 e. The summed E-state index contributed by atoms with van der Waals surface area (Å²) in [7, 11) is -6.35. The zero-order valence-corrected chi connectivity index (χ0v) is 24.7. The topological polar surface area (TPSA) is 531 Å². The molecule has 51 heavy (non-hydrogen) atoms. The van der Waals surface area contributed by atoms with Gasteiger partial charge in [-0.15, -0.1) is 0 Å². The average Bonchev–Trinajstić information content (AvgIpc) is 3.18. The molecule has 0 unspecified atom stereocenters. The Hall–Kier alpha value is -4.77. The maximum atomic E-state index is 13.0. The van der Waals surface area contributed by atoms with Crippen LogP contribution < -0.4 is 0 Å². The molecule has 30 nitrogen and oxygen atoms in total. The van der Waals surface area contributed by atoms with Gasteiger partial charge in [-0.3, -0.25) is 9.29 Å². The minimum atomic E-state index is -6.35. The van der Waals surface area contributed by atoms with Crippen LogP contribution in [0.15, 0.2) is 0 Å². The first-order valence-corrected chi connectivity index (χ1v) is 13.5. The highest BCUT2D eigenvalue weighted by Crippen LogP contribution is 2.61. The van der Waals surface area contributed by atoms with Crippen molar-refractivity contribution in [2.75, 3.05) is 19.8 Å². The molecular formula is C20H22O30S. The number of hydrogen-bond acceptors (Lipinski definition) is 21. The molecule has 2 heterocycles. The van der Waals surface area contributed by atoms with Crippen molar-refractivity contribution < 1.29 is 146 Å². The van der Waals surface area contributed by atoms with Crippen LogP contribution in [0.4, 0.5) is 0 Å². The van der Waals surface area contributed by atoms with Crippen LogP contribution >= 0.6 is 0 Å². The summed E-state index contributed by atoms with van der Waals surface area (Å²) < 4.78 is 49.0. The molecule has 2 rings (SSSR count). The molecule has 0 aromatic heterocycles. The van der Waals surface area contributed by atoms with E-state index in [1.807, 2.05) is 0 Å². The zero-order chi connectivity index (χ0) is 40.6. The molecule has 0 aromatic carbocycles. The fourth-order valence-corrected chi connectivity index (χ4v) is 5.87. The lowest BCUT2D eigenvalue weighted by molar-refractivity contribution is -0.475. The van der Waals surface area contributed by atoms with E-state index >= 15 is 0 Å². The van der Waals surface area contributed by atoms with Gasteiger partial charge in [-0.1, -0.05) is 0 Å². The number of aliphatic carboxylic acids is 8. The van der Waals surface area contributed by atoms with E-state index in [-0.39, 0.29) is 0 Å². The van der Waals surface area contributed by atoms with Crippen LogP contribution in [0.3, 0.4) is 0 Å². The molecule has 2 aliphatic rings. The minimum Gasteiger partial charge on any atom is -0.479 e. The summed E-state index contributed by atoms with van der Waals surface area (Å²) in [5.74, 6) is -39.9. The Balaban J connectivity index is 3.57. The van der Waals surface area contributed by atoms with E-state index in [1.54, 1.807) is 0 Å². The minimum absolute atomic E-state index is 2.70. The van der Waals surface area contributed by atoms with E-state index in [2.05, 4.69) is 18.4 Å². The lowest BCUT2D eigenvalue weighted by atomic mass is 9.57. The molecule has 0 spiro atoms. The maximum absolute atomic E-state index is 13.0. The van der Waals surface area contributed by atoms with Crippen molar-refractivity contribution in [3.63, 3.8) is 0 Å². The summed E-state index contributed by atoms with van der Waals surface area (Å²) in [5, 5.41) is 155. The Bertz CT molecular complexity index is 1720. The molecule has 0 bridgehead atoms. The Labute approximate surface area is 275 Å². The number of ether oxygens (including phenoxy) is 3. The molecule has 2 aliphatic heterocycles. The van der Waals surface area contributed by atoms with Gasteiger partial charge in [0, 0.05) is 0 Å². The molecule has 0 radical (unpaired) electrons. The highest BCUT2D eigenvalue weighted by Gasteiger charge is 2.97. The molecule has 0 saturated carbocycles. The number of rotatable bonds is 15. The van der Waals surface area contributed by atoms with Crippen molar-refractivity contribution >= 4 is 58.2 Å². The number of aliphatic hydroxyl groups is 7. The second-order valence-corrected chi connectivity index (χ2v) is 11.4. The molecule has 2 fully saturated rings. The summed E-state index contributed by atoms with van der Waals surface area (Å²) in [6.45, 7) is -8.74. The van der Waals surface area contributed by atoms with Crippen molar-refractivity contribution in [2.24, 2.45) is 0 Å². The van der Waals surface area contributed by atoms with Gasteiger partial charge in [0.25, 0.3) is 16.8 Å². The predicted octanol–water partition coefficient (Wildman–Crippen LogP) is -9.93. The van der Waals surface area contributed by atoms with E-state index in [4.69, 9.17) is 4.55 Å². The average molecular weight is 774 g/mol. The van der Waals surface area contributed by atoms with E-state index in [1.165, 1.54) is 0 Å². The lowest BCUT2D eigenvalue weighted by Crippen LogP contribution is -2.96. The van der Waals surface area contributed by atoms with Crippen LogP contribution in [-0.2, 0) is 67.1 Å². The Morgan fingerprint density at radius 1 is 0.490 bits per heavy atom.